The molecule has 1 aromatic heterocycles. The zero-order valence-corrected chi connectivity index (χ0v) is 14.4. The number of nitrogens with one attached hydrogen (secondary N) is 1. The molecule has 2 aromatic carbocycles. The molecule has 25 heavy (non-hydrogen) atoms. The fourth-order valence-electron chi connectivity index (χ4n) is 3.87. The van der Waals surface area contributed by atoms with Gasteiger partial charge < -0.3 is 4.98 Å². The predicted molar refractivity (Wildman–Crippen MR) is 101 cm³/mol. The van der Waals surface area contributed by atoms with Crippen molar-refractivity contribution in [1.82, 2.24) is 9.88 Å². The van der Waals surface area contributed by atoms with E-state index in [2.05, 4.69) is 64.5 Å². The molecule has 2 heterocycles. The number of fused-ring (bicyclic) bond motifs is 3. The molecule has 1 N–H and O–H groups in total. The van der Waals surface area contributed by atoms with Gasteiger partial charge in [0.25, 0.3) is 0 Å². The number of nitrogens with zero attached hydrogens (tertiary/aromatic N) is 2. The largest absolute Gasteiger partial charge is 0.358 e. The zero-order chi connectivity index (χ0) is 17.1. The first-order valence-electron chi connectivity index (χ1n) is 9.08. The summed E-state index contributed by atoms with van der Waals surface area (Å²) >= 11 is 0. The van der Waals surface area contributed by atoms with Crippen LogP contribution in [-0.2, 0) is 19.4 Å². The molecule has 1 atom stereocenters. The van der Waals surface area contributed by atoms with E-state index in [4.69, 9.17) is 0 Å². The van der Waals surface area contributed by atoms with E-state index in [1.165, 1.54) is 27.7 Å². The number of hydrogen-bond donors (Lipinski definition) is 1. The Morgan fingerprint density at radius 1 is 1.08 bits per heavy atom. The molecule has 0 saturated heterocycles. The van der Waals surface area contributed by atoms with E-state index in [-0.39, 0.29) is 5.92 Å². The second-order valence-corrected chi connectivity index (χ2v) is 6.96. The summed E-state index contributed by atoms with van der Waals surface area (Å²) in [5.41, 5.74) is 5.34. The maximum atomic E-state index is 9.58. The molecule has 3 aromatic rings. The number of nitriles is 1. The van der Waals surface area contributed by atoms with Crippen LogP contribution in [0.25, 0.3) is 10.9 Å². The van der Waals surface area contributed by atoms with Gasteiger partial charge in [0.2, 0.25) is 0 Å². The van der Waals surface area contributed by atoms with E-state index in [0.717, 1.165) is 38.9 Å². The number of rotatable bonds is 5. The Morgan fingerprint density at radius 3 is 2.72 bits per heavy atom. The van der Waals surface area contributed by atoms with Gasteiger partial charge in [-0.2, -0.15) is 5.26 Å². The molecule has 1 aliphatic heterocycles. The molecule has 0 fully saturated rings. The lowest BCUT2D eigenvalue weighted by molar-refractivity contribution is 0.228. The third kappa shape index (κ3) is 3.45. The number of aryl methyl sites for hydroxylation is 1. The summed E-state index contributed by atoms with van der Waals surface area (Å²) in [5.74, 6) is 0.0898. The van der Waals surface area contributed by atoms with E-state index in [1.54, 1.807) is 0 Å². The maximum Gasteiger partial charge on any atom is 0.0669 e. The Kier molecular flexibility index (Phi) is 4.54. The summed E-state index contributed by atoms with van der Waals surface area (Å²) in [6, 6.07) is 21.5. The number of aromatic nitrogens is 1. The highest BCUT2D eigenvalue weighted by Gasteiger charge is 2.22. The molecule has 1 unspecified atom stereocenters. The van der Waals surface area contributed by atoms with Crippen molar-refractivity contribution in [3.05, 3.63) is 71.4 Å². The van der Waals surface area contributed by atoms with Crippen molar-refractivity contribution in [2.24, 2.45) is 5.92 Å². The van der Waals surface area contributed by atoms with Crippen molar-refractivity contribution in [2.75, 3.05) is 13.1 Å². The first-order chi connectivity index (χ1) is 12.3. The molecule has 3 heteroatoms. The van der Waals surface area contributed by atoms with Gasteiger partial charge in [-0.05, 0) is 30.0 Å². The van der Waals surface area contributed by atoms with Crippen molar-refractivity contribution in [1.29, 1.82) is 5.26 Å². The molecule has 0 amide bonds. The summed E-state index contributed by atoms with van der Waals surface area (Å²) in [5, 5.41) is 10.9. The maximum absolute atomic E-state index is 9.58. The van der Waals surface area contributed by atoms with Gasteiger partial charge in [-0.3, -0.25) is 4.90 Å². The highest BCUT2D eigenvalue weighted by molar-refractivity contribution is 5.84. The zero-order valence-electron chi connectivity index (χ0n) is 14.4. The van der Waals surface area contributed by atoms with Crippen LogP contribution in [0.1, 0.15) is 23.2 Å². The molecule has 0 radical (unpaired) electrons. The molecule has 3 nitrogen and oxygen atoms in total. The Hall–Kier alpha value is -2.57. The Balaban J connectivity index is 1.41. The second kappa shape index (κ2) is 7.13. The van der Waals surface area contributed by atoms with E-state index < -0.39 is 0 Å². The first-order valence-corrected chi connectivity index (χ1v) is 9.08. The minimum absolute atomic E-state index is 0.0898. The van der Waals surface area contributed by atoms with Crippen LogP contribution >= 0.6 is 0 Å². The molecule has 1 aliphatic rings. The molecule has 0 bridgehead atoms. The van der Waals surface area contributed by atoms with Crippen molar-refractivity contribution < 1.29 is 0 Å². The summed E-state index contributed by atoms with van der Waals surface area (Å²) in [4.78, 5) is 6.00. The summed E-state index contributed by atoms with van der Waals surface area (Å²) in [7, 11) is 0. The fourth-order valence-corrected chi connectivity index (χ4v) is 3.87. The standard InChI is InChI=1S/C22H23N3/c23-14-18(11-10-17-6-2-1-3-7-17)15-25-13-12-22-20(16-25)19-8-4-5-9-21(19)24-22/h1-9,18,24H,10-13,15-16H2. The SMILES string of the molecule is N#CC(CCc1ccccc1)CN1CCc2[nH]c3ccccc3c2C1. The van der Waals surface area contributed by atoms with Crippen LogP contribution in [0.2, 0.25) is 0 Å². The molecule has 0 saturated carbocycles. The normalized spacial score (nSPS) is 15.6. The summed E-state index contributed by atoms with van der Waals surface area (Å²) < 4.78 is 0. The first kappa shape index (κ1) is 15.9. The monoisotopic (exact) mass is 329 g/mol. The number of H-pyrrole nitrogens is 1. The fraction of sp³-hybridized carbons (Fsp3) is 0.318. The van der Waals surface area contributed by atoms with Crippen molar-refractivity contribution in [3.63, 3.8) is 0 Å². The van der Waals surface area contributed by atoms with Gasteiger partial charge in [0.1, 0.15) is 0 Å². The van der Waals surface area contributed by atoms with Crippen LogP contribution in [0.4, 0.5) is 0 Å². The van der Waals surface area contributed by atoms with Crippen LogP contribution < -0.4 is 0 Å². The highest BCUT2D eigenvalue weighted by atomic mass is 15.1. The average Bonchev–Trinajstić information content (AvgIpc) is 3.04. The second-order valence-electron chi connectivity index (χ2n) is 6.96. The van der Waals surface area contributed by atoms with Gasteiger partial charge in [-0.15, -0.1) is 0 Å². The third-order valence-corrected chi connectivity index (χ3v) is 5.25. The molecule has 4 rings (SSSR count). The highest BCUT2D eigenvalue weighted by Crippen LogP contribution is 2.28. The van der Waals surface area contributed by atoms with Crippen molar-refractivity contribution in [2.45, 2.75) is 25.8 Å². The van der Waals surface area contributed by atoms with Gasteiger partial charge in [-0.25, -0.2) is 0 Å². The molecule has 0 aliphatic carbocycles. The van der Waals surface area contributed by atoms with Gasteiger partial charge >= 0.3 is 0 Å². The van der Waals surface area contributed by atoms with E-state index in [0.29, 0.717) is 0 Å². The number of aromatic amines is 1. The Bertz CT molecular complexity index is 889. The lowest BCUT2D eigenvalue weighted by atomic mass is 9.98. The van der Waals surface area contributed by atoms with E-state index in [1.807, 2.05) is 6.07 Å². The Labute approximate surface area is 148 Å². The third-order valence-electron chi connectivity index (χ3n) is 5.25. The van der Waals surface area contributed by atoms with Crippen molar-refractivity contribution in [3.8, 4) is 6.07 Å². The van der Waals surface area contributed by atoms with Crippen LogP contribution in [0, 0.1) is 17.2 Å². The van der Waals surface area contributed by atoms with Gasteiger partial charge in [0.15, 0.2) is 0 Å². The number of hydrogen-bond acceptors (Lipinski definition) is 2. The molecular weight excluding hydrogens is 306 g/mol. The van der Waals surface area contributed by atoms with Gasteiger partial charge in [-0.1, -0.05) is 48.5 Å². The van der Waals surface area contributed by atoms with E-state index >= 15 is 0 Å². The quantitative estimate of drug-likeness (QED) is 0.758. The summed E-state index contributed by atoms with van der Waals surface area (Å²) in [6.07, 6.45) is 2.95. The minimum Gasteiger partial charge on any atom is -0.358 e. The smallest absolute Gasteiger partial charge is 0.0669 e. The van der Waals surface area contributed by atoms with Gasteiger partial charge in [0, 0.05) is 42.7 Å². The van der Waals surface area contributed by atoms with Crippen LogP contribution in [0.5, 0.6) is 0 Å². The van der Waals surface area contributed by atoms with Gasteiger partial charge in [0.05, 0.1) is 12.0 Å². The lowest BCUT2D eigenvalue weighted by Gasteiger charge is -2.28. The van der Waals surface area contributed by atoms with Crippen LogP contribution in [0.3, 0.4) is 0 Å². The topological polar surface area (TPSA) is 42.8 Å². The average molecular weight is 329 g/mol. The number of para-hydroxylation sites is 1. The minimum atomic E-state index is 0.0898. The Morgan fingerprint density at radius 2 is 1.88 bits per heavy atom. The van der Waals surface area contributed by atoms with Crippen LogP contribution in [-0.4, -0.2) is 23.0 Å². The molecule has 0 spiro atoms. The van der Waals surface area contributed by atoms with Crippen molar-refractivity contribution >= 4 is 10.9 Å². The predicted octanol–water partition coefficient (Wildman–Crippen LogP) is 4.30. The molecule has 126 valence electrons. The molecular formula is C22H23N3. The summed E-state index contributed by atoms with van der Waals surface area (Å²) in [6.45, 7) is 2.84. The van der Waals surface area contributed by atoms with E-state index in [9.17, 15) is 5.26 Å². The van der Waals surface area contributed by atoms with Crippen LogP contribution in [0.15, 0.2) is 54.6 Å². The number of benzene rings is 2. The lowest BCUT2D eigenvalue weighted by Crippen LogP contribution is -2.34.